The fourth-order valence-corrected chi connectivity index (χ4v) is 2.82. The van der Waals surface area contributed by atoms with Crippen molar-refractivity contribution < 1.29 is 0 Å². The summed E-state index contributed by atoms with van der Waals surface area (Å²) in [5.41, 5.74) is 1.51. The second kappa shape index (κ2) is 6.35. The first-order valence-corrected chi connectivity index (χ1v) is 7.27. The first-order valence-electron chi connectivity index (χ1n) is 7.27. The molecule has 1 aliphatic rings. The maximum atomic E-state index is 3.74. The van der Waals surface area contributed by atoms with Gasteiger partial charge in [-0.2, -0.15) is 0 Å². The van der Waals surface area contributed by atoms with Gasteiger partial charge in [0, 0.05) is 6.54 Å². The van der Waals surface area contributed by atoms with Crippen LogP contribution in [0.25, 0.3) is 0 Å². The molecule has 0 aliphatic carbocycles. The van der Waals surface area contributed by atoms with Crippen LogP contribution < -0.4 is 5.32 Å². The first-order chi connectivity index (χ1) is 8.74. The summed E-state index contributed by atoms with van der Waals surface area (Å²) in [4.78, 5) is 2.62. The monoisotopic (exact) mass is 246 g/mol. The maximum Gasteiger partial charge on any atom is 0.0534 e. The van der Waals surface area contributed by atoms with E-state index in [4.69, 9.17) is 0 Å². The van der Waals surface area contributed by atoms with E-state index in [1.807, 2.05) is 0 Å². The summed E-state index contributed by atoms with van der Waals surface area (Å²) in [6, 6.07) is 10.9. The summed E-state index contributed by atoms with van der Waals surface area (Å²) in [6.07, 6.45) is 3.85. The van der Waals surface area contributed by atoms with Crippen LogP contribution in [0, 0.1) is 0 Å². The van der Waals surface area contributed by atoms with E-state index in [9.17, 15) is 0 Å². The number of rotatable bonds is 4. The van der Waals surface area contributed by atoms with Crippen LogP contribution in [0.4, 0.5) is 0 Å². The predicted octanol–water partition coefficient (Wildman–Crippen LogP) is 3.00. The Kier molecular flexibility index (Phi) is 4.79. The van der Waals surface area contributed by atoms with Gasteiger partial charge in [0.05, 0.1) is 5.54 Å². The lowest BCUT2D eigenvalue weighted by Gasteiger charge is -2.34. The number of nitrogens with one attached hydrogen (secondary N) is 1. The molecule has 2 nitrogen and oxygen atoms in total. The smallest absolute Gasteiger partial charge is 0.0534 e. The van der Waals surface area contributed by atoms with Gasteiger partial charge in [0.2, 0.25) is 0 Å². The third-order valence-electron chi connectivity index (χ3n) is 3.94. The molecular formula is C16H26N2. The zero-order valence-electron chi connectivity index (χ0n) is 11.8. The minimum atomic E-state index is 0.103. The van der Waals surface area contributed by atoms with Gasteiger partial charge in [-0.1, -0.05) is 43.7 Å². The Morgan fingerprint density at radius 1 is 1.28 bits per heavy atom. The Bertz CT molecular complexity index is 349. The third kappa shape index (κ3) is 3.33. The van der Waals surface area contributed by atoms with Crippen molar-refractivity contribution in [3.8, 4) is 0 Å². The number of unbranched alkanes of at least 4 members (excludes halogenated alkanes) is 1. The zero-order chi connectivity index (χ0) is 12.8. The quantitative estimate of drug-likeness (QED) is 0.878. The Hall–Kier alpha value is -0.860. The van der Waals surface area contributed by atoms with E-state index >= 15 is 0 Å². The number of nitrogens with zero attached hydrogens (tertiary/aromatic N) is 1. The fraction of sp³-hybridized carbons (Fsp3) is 0.625. The van der Waals surface area contributed by atoms with Crippen LogP contribution in [0.5, 0.6) is 0 Å². The van der Waals surface area contributed by atoms with Crippen LogP contribution in [0.2, 0.25) is 0 Å². The minimum absolute atomic E-state index is 0.103. The molecule has 1 aliphatic heterocycles. The van der Waals surface area contributed by atoms with Gasteiger partial charge in [-0.25, -0.2) is 0 Å². The lowest BCUT2D eigenvalue weighted by atomic mass is 9.91. The van der Waals surface area contributed by atoms with Crippen molar-refractivity contribution in [2.45, 2.75) is 38.6 Å². The van der Waals surface area contributed by atoms with E-state index in [1.54, 1.807) is 0 Å². The highest BCUT2D eigenvalue weighted by Gasteiger charge is 2.30. The van der Waals surface area contributed by atoms with Crippen molar-refractivity contribution in [1.82, 2.24) is 10.2 Å². The van der Waals surface area contributed by atoms with Crippen molar-refractivity contribution in [2.24, 2.45) is 0 Å². The van der Waals surface area contributed by atoms with Gasteiger partial charge in [0.15, 0.2) is 0 Å². The van der Waals surface area contributed by atoms with E-state index < -0.39 is 0 Å². The number of benzene rings is 1. The molecule has 2 heteroatoms. The van der Waals surface area contributed by atoms with Gasteiger partial charge in [-0.3, -0.25) is 0 Å². The summed E-state index contributed by atoms with van der Waals surface area (Å²) >= 11 is 0. The van der Waals surface area contributed by atoms with Crippen molar-refractivity contribution in [1.29, 1.82) is 0 Å². The van der Waals surface area contributed by atoms with E-state index in [2.05, 4.69) is 54.4 Å². The van der Waals surface area contributed by atoms with E-state index in [0.717, 1.165) is 13.1 Å². The van der Waals surface area contributed by atoms with Crippen LogP contribution >= 0.6 is 0 Å². The average molecular weight is 246 g/mol. The lowest BCUT2D eigenvalue weighted by Crippen LogP contribution is -2.46. The third-order valence-corrected chi connectivity index (χ3v) is 3.94. The summed E-state index contributed by atoms with van der Waals surface area (Å²) in [7, 11) is 0. The zero-order valence-corrected chi connectivity index (χ0v) is 11.8. The summed E-state index contributed by atoms with van der Waals surface area (Å²) < 4.78 is 0. The predicted molar refractivity (Wildman–Crippen MR) is 77.8 cm³/mol. The van der Waals surface area contributed by atoms with Gasteiger partial charge in [0.25, 0.3) is 0 Å². The first kappa shape index (κ1) is 13.6. The minimum Gasteiger partial charge on any atom is -0.307 e. The average Bonchev–Trinajstić information content (AvgIpc) is 2.60. The summed E-state index contributed by atoms with van der Waals surface area (Å²) in [6.45, 7) is 9.32. The molecule has 0 amide bonds. The number of hydrogen-bond acceptors (Lipinski definition) is 2. The van der Waals surface area contributed by atoms with Gasteiger partial charge in [-0.05, 0) is 45.0 Å². The Morgan fingerprint density at radius 2 is 2.06 bits per heavy atom. The molecule has 0 spiro atoms. The molecule has 1 N–H and O–H groups in total. The van der Waals surface area contributed by atoms with Crippen molar-refractivity contribution in [3.05, 3.63) is 35.9 Å². The molecule has 0 radical (unpaired) electrons. The maximum absolute atomic E-state index is 3.74. The van der Waals surface area contributed by atoms with E-state index in [0.29, 0.717) is 0 Å². The second-order valence-corrected chi connectivity index (χ2v) is 5.61. The second-order valence-electron chi connectivity index (χ2n) is 5.61. The van der Waals surface area contributed by atoms with Crippen LogP contribution in [-0.4, -0.2) is 31.1 Å². The molecule has 0 saturated carbocycles. The molecule has 18 heavy (non-hydrogen) atoms. The highest BCUT2D eigenvalue weighted by Crippen LogP contribution is 2.24. The Morgan fingerprint density at radius 3 is 2.78 bits per heavy atom. The lowest BCUT2D eigenvalue weighted by molar-refractivity contribution is 0.218. The molecule has 1 saturated heterocycles. The normalized spacial score (nSPS) is 25.9. The van der Waals surface area contributed by atoms with Crippen molar-refractivity contribution >= 4 is 0 Å². The fourth-order valence-electron chi connectivity index (χ4n) is 2.82. The molecular weight excluding hydrogens is 220 g/mol. The van der Waals surface area contributed by atoms with E-state index in [-0.39, 0.29) is 5.54 Å². The Labute approximate surface area is 111 Å². The SMILES string of the molecule is CCCCN1CCCNC(C)(c2ccccc2)C1. The molecule has 100 valence electrons. The van der Waals surface area contributed by atoms with Crippen molar-refractivity contribution in [3.63, 3.8) is 0 Å². The highest BCUT2D eigenvalue weighted by molar-refractivity contribution is 5.24. The summed E-state index contributed by atoms with van der Waals surface area (Å²) in [5.74, 6) is 0. The van der Waals surface area contributed by atoms with Crippen LogP contribution in [0.3, 0.4) is 0 Å². The molecule has 2 rings (SSSR count). The van der Waals surface area contributed by atoms with Gasteiger partial charge in [0.1, 0.15) is 0 Å². The molecule has 1 fully saturated rings. The largest absolute Gasteiger partial charge is 0.307 e. The highest BCUT2D eigenvalue weighted by atomic mass is 15.2. The molecule has 1 aromatic rings. The van der Waals surface area contributed by atoms with Crippen LogP contribution in [0.15, 0.2) is 30.3 Å². The molecule has 1 atom stereocenters. The van der Waals surface area contributed by atoms with Gasteiger partial charge in [-0.15, -0.1) is 0 Å². The standard InChI is InChI=1S/C16H26N2/c1-3-4-12-18-13-8-11-17-16(2,14-18)15-9-6-5-7-10-15/h5-7,9-10,17H,3-4,8,11-14H2,1-2H3. The number of hydrogen-bond donors (Lipinski definition) is 1. The van der Waals surface area contributed by atoms with E-state index in [1.165, 1.54) is 37.9 Å². The molecule has 1 unspecified atom stereocenters. The van der Waals surface area contributed by atoms with Crippen LogP contribution in [-0.2, 0) is 5.54 Å². The molecule has 1 heterocycles. The molecule has 1 aromatic carbocycles. The Balaban J connectivity index is 2.10. The molecule has 0 aromatic heterocycles. The summed E-state index contributed by atoms with van der Waals surface area (Å²) in [5, 5.41) is 3.74. The van der Waals surface area contributed by atoms with Crippen molar-refractivity contribution in [2.75, 3.05) is 26.2 Å². The topological polar surface area (TPSA) is 15.3 Å². The van der Waals surface area contributed by atoms with Gasteiger partial charge >= 0.3 is 0 Å². The van der Waals surface area contributed by atoms with Crippen LogP contribution in [0.1, 0.15) is 38.7 Å². The van der Waals surface area contributed by atoms with Gasteiger partial charge < -0.3 is 10.2 Å². The molecule has 0 bridgehead atoms.